The van der Waals surface area contributed by atoms with Crippen molar-refractivity contribution in [3.05, 3.63) is 71.6 Å². The molecule has 122 valence electrons. The van der Waals surface area contributed by atoms with E-state index in [1.54, 1.807) is 37.3 Å². The largest absolute Gasteiger partial charge is 0.297 e. The van der Waals surface area contributed by atoms with E-state index >= 15 is 0 Å². The van der Waals surface area contributed by atoms with E-state index in [-0.39, 0.29) is 10.7 Å². The van der Waals surface area contributed by atoms with Gasteiger partial charge in [0, 0.05) is 0 Å². The van der Waals surface area contributed by atoms with E-state index in [2.05, 4.69) is 0 Å². The molecule has 2 aromatic rings. The van der Waals surface area contributed by atoms with E-state index in [4.69, 9.17) is 4.18 Å². The minimum atomic E-state index is -3.76. The van der Waals surface area contributed by atoms with Crippen LogP contribution in [0.3, 0.4) is 0 Å². The van der Waals surface area contributed by atoms with Crippen LogP contribution in [0.1, 0.15) is 24.5 Å². The highest BCUT2D eigenvalue weighted by atomic mass is 32.2. The zero-order chi connectivity index (χ0) is 16.9. The van der Waals surface area contributed by atoms with Gasteiger partial charge >= 0.3 is 0 Å². The highest BCUT2D eigenvalue weighted by molar-refractivity contribution is 7.86. The van der Waals surface area contributed by atoms with Crippen LogP contribution in [0.15, 0.2) is 59.5 Å². The second kappa shape index (κ2) is 7.53. The third-order valence-electron chi connectivity index (χ3n) is 3.25. The molecule has 1 atom stereocenters. The van der Waals surface area contributed by atoms with E-state index in [1.807, 2.05) is 13.0 Å². The van der Waals surface area contributed by atoms with Crippen LogP contribution in [0.4, 0.5) is 4.39 Å². The summed E-state index contributed by atoms with van der Waals surface area (Å²) in [4.78, 5) is 0.150. The second-order valence-electron chi connectivity index (χ2n) is 5.36. The number of rotatable bonds is 6. The summed E-state index contributed by atoms with van der Waals surface area (Å²) >= 11 is 0. The molecule has 0 aromatic heterocycles. The van der Waals surface area contributed by atoms with Crippen molar-refractivity contribution in [1.29, 1.82) is 0 Å². The molecule has 2 aromatic carbocycles. The Balaban J connectivity index is 1.94. The predicted octanol–water partition coefficient (Wildman–Crippen LogP) is 4.33. The van der Waals surface area contributed by atoms with Crippen LogP contribution in [-0.2, 0) is 14.3 Å². The molecule has 0 N–H and O–H groups in total. The third-order valence-corrected chi connectivity index (χ3v) is 4.68. The topological polar surface area (TPSA) is 43.4 Å². The third kappa shape index (κ3) is 5.30. The Labute approximate surface area is 136 Å². The average molecular weight is 334 g/mol. The molecule has 0 radical (unpaired) electrons. The summed E-state index contributed by atoms with van der Waals surface area (Å²) in [5, 5.41) is 0. The Bertz CT molecular complexity index is 763. The maximum Gasteiger partial charge on any atom is 0.297 e. The molecule has 0 heterocycles. The lowest BCUT2D eigenvalue weighted by Gasteiger charge is -2.11. The van der Waals surface area contributed by atoms with Crippen LogP contribution in [0, 0.1) is 12.7 Å². The molecule has 0 aliphatic rings. The Kier molecular flexibility index (Phi) is 5.69. The van der Waals surface area contributed by atoms with Gasteiger partial charge in [0.25, 0.3) is 10.1 Å². The Morgan fingerprint density at radius 2 is 1.70 bits per heavy atom. The zero-order valence-corrected chi connectivity index (χ0v) is 13.9. The van der Waals surface area contributed by atoms with Gasteiger partial charge in [-0.2, -0.15) is 8.42 Å². The lowest BCUT2D eigenvalue weighted by Crippen LogP contribution is -2.14. The van der Waals surface area contributed by atoms with E-state index in [9.17, 15) is 12.8 Å². The lowest BCUT2D eigenvalue weighted by molar-refractivity contribution is 0.232. The van der Waals surface area contributed by atoms with Crippen molar-refractivity contribution in [2.75, 3.05) is 0 Å². The average Bonchev–Trinajstić information content (AvgIpc) is 2.49. The van der Waals surface area contributed by atoms with Crippen LogP contribution >= 0.6 is 0 Å². The van der Waals surface area contributed by atoms with Gasteiger partial charge in [0.1, 0.15) is 5.82 Å². The standard InChI is InChI=1S/C18H19FO3S/c1-14-6-12-18(13-7-14)23(20,21)22-15(2)4-3-5-16-8-10-17(19)11-9-16/h3,5-13,15H,4H2,1-2H3/b5-3+. The molecular formula is C18H19FO3S. The number of benzene rings is 2. The summed E-state index contributed by atoms with van der Waals surface area (Å²) in [6, 6.07) is 12.6. The molecule has 0 spiro atoms. The van der Waals surface area contributed by atoms with Crippen molar-refractivity contribution in [3.63, 3.8) is 0 Å². The fraction of sp³-hybridized carbons (Fsp3) is 0.222. The molecule has 1 unspecified atom stereocenters. The molecule has 2 rings (SSSR count). The summed E-state index contributed by atoms with van der Waals surface area (Å²) in [6.07, 6.45) is 3.56. The van der Waals surface area contributed by atoms with Gasteiger partial charge in [-0.1, -0.05) is 42.0 Å². The van der Waals surface area contributed by atoms with Gasteiger partial charge in [0.05, 0.1) is 11.0 Å². The SMILES string of the molecule is Cc1ccc(S(=O)(=O)OC(C)C/C=C/c2ccc(F)cc2)cc1. The molecule has 0 fully saturated rings. The van der Waals surface area contributed by atoms with E-state index < -0.39 is 16.2 Å². The van der Waals surface area contributed by atoms with E-state index in [0.29, 0.717) is 6.42 Å². The monoisotopic (exact) mass is 334 g/mol. The molecule has 3 nitrogen and oxygen atoms in total. The predicted molar refractivity (Wildman–Crippen MR) is 89.0 cm³/mol. The Morgan fingerprint density at radius 1 is 1.09 bits per heavy atom. The molecular weight excluding hydrogens is 315 g/mol. The van der Waals surface area contributed by atoms with Crippen LogP contribution < -0.4 is 0 Å². The Morgan fingerprint density at radius 3 is 2.30 bits per heavy atom. The van der Waals surface area contributed by atoms with Gasteiger partial charge < -0.3 is 0 Å². The molecule has 23 heavy (non-hydrogen) atoms. The lowest BCUT2D eigenvalue weighted by atomic mass is 10.2. The fourth-order valence-corrected chi connectivity index (χ4v) is 3.08. The molecule has 0 aliphatic heterocycles. The summed E-state index contributed by atoms with van der Waals surface area (Å²) in [5.74, 6) is -0.289. The van der Waals surface area contributed by atoms with Gasteiger partial charge in [-0.05, 0) is 50.1 Å². The molecule has 0 saturated heterocycles. The first kappa shape index (κ1) is 17.4. The minimum Gasteiger partial charge on any atom is -0.263 e. The molecule has 0 amide bonds. The Hall–Kier alpha value is -1.98. The number of aryl methyl sites for hydroxylation is 1. The second-order valence-corrected chi connectivity index (χ2v) is 6.94. The summed E-state index contributed by atoms with van der Waals surface area (Å²) in [5.41, 5.74) is 1.83. The van der Waals surface area contributed by atoms with Gasteiger partial charge in [-0.3, -0.25) is 4.18 Å². The first-order valence-electron chi connectivity index (χ1n) is 7.29. The highest BCUT2D eigenvalue weighted by Crippen LogP contribution is 2.16. The quantitative estimate of drug-likeness (QED) is 0.739. The van der Waals surface area contributed by atoms with Gasteiger partial charge in [-0.25, -0.2) is 4.39 Å². The highest BCUT2D eigenvalue weighted by Gasteiger charge is 2.18. The van der Waals surface area contributed by atoms with Gasteiger partial charge in [-0.15, -0.1) is 0 Å². The van der Waals surface area contributed by atoms with Crippen molar-refractivity contribution >= 4 is 16.2 Å². The minimum absolute atomic E-state index is 0.150. The molecule has 0 bridgehead atoms. The first-order chi connectivity index (χ1) is 10.9. The van der Waals surface area contributed by atoms with Crippen LogP contribution in [-0.4, -0.2) is 14.5 Å². The maximum atomic E-state index is 12.8. The van der Waals surface area contributed by atoms with Crippen LogP contribution in [0.5, 0.6) is 0 Å². The number of halogens is 1. The smallest absolute Gasteiger partial charge is 0.263 e. The normalized spacial score (nSPS) is 13.3. The summed E-state index contributed by atoms with van der Waals surface area (Å²) in [7, 11) is -3.76. The van der Waals surface area contributed by atoms with Crippen molar-refractivity contribution in [2.24, 2.45) is 0 Å². The molecule has 0 aliphatic carbocycles. The molecule has 5 heteroatoms. The summed E-state index contributed by atoms with van der Waals surface area (Å²) in [6.45, 7) is 3.58. The first-order valence-corrected chi connectivity index (χ1v) is 8.70. The van der Waals surface area contributed by atoms with Crippen LogP contribution in [0.25, 0.3) is 6.08 Å². The maximum absolute atomic E-state index is 12.8. The number of hydrogen-bond donors (Lipinski definition) is 0. The van der Waals surface area contributed by atoms with Gasteiger partial charge in [0.2, 0.25) is 0 Å². The van der Waals surface area contributed by atoms with Crippen molar-refractivity contribution in [2.45, 2.75) is 31.3 Å². The zero-order valence-electron chi connectivity index (χ0n) is 13.1. The van der Waals surface area contributed by atoms with Crippen molar-refractivity contribution in [3.8, 4) is 0 Å². The summed E-state index contributed by atoms with van der Waals surface area (Å²) < 4.78 is 42.3. The van der Waals surface area contributed by atoms with E-state index in [0.717, 1.165) is 11.1 Å². The van der Waals surface area contributed by atoms with Crippen LogP contribution in [0.2, 0.25) is 0 Å². The number of hydrogen-bond acceptors (Lipinski definition) is 3. The van der Waals surface area contributed by atoms with Gasteiger partial charge in [0.15, 0.2) is 0 Å². The fourth-order valence-electron chi connectivity index (χ4n) is 1.99. The van der Waals surface area contributed by atoms with E-state index in [1.165, 1.54) is 24.3 Å². The van der Waals surface area contributed by atoms with Crippen molar-refractivity contribution < 1.29 is 17.0 Å². The van der Waals surface area contributed by atoms with Crippen molar-refractivity contribution in [1.82, 2.24) is 0 Å². The molecule has 0 saturated carbocycles.